The molecule has 2 heterocycles. The molecule has 4 rings (SSSR count). The predicted molar refractivity (Wildman–Crippen MR) is 97.2 cm³/mol. The maximum absolute atomic E-state index is 4.80. The summed E-state index contributed by atoms with van der Waals surface area (Å²) in [6, 6.07) is 10.5. The Balaban J connectivity index is 1.75. The Morgan fingerprint density at radius 1 is 1.09 bits per heavy atom. The van der Waals surface area contributed by atoms with Gasteiger partial charge in [-0.25, -0.2) is 9.97 Å². The average Bonchev–Trinajstić information content (AvgIpc) is 2.99. The van der Waals surface area contributed by atoms with Gasteiger partial charge in [0, 0.05) is 17.8 Å². The Kier molecular flexibility index (Phi) is 4.00. The number of hydrogen-bond acceptors (Lipinski definition) is 4. The topological polar surface area (TPSA) is 37.8 Å². The van der Waals surface area contributed by atoms with Crippen molar-refractivity contribution in [2.24, 2.45) is 0 Å². The highest BCUT2D eigenvalue weighted by atomic mass is 32.1. The highest BCUT2D eigenvalue weighted by Gasteiger charge is 2.20. The number of rotatable bonds is 4. The molecular formula is C19H21N3S. The largest absolute Gasteiger partial charge is 0.365 e. The predicted octanol–water partition coefficient (Wildman–Crippen LogP) is 4.74. The molecule has 3 nitrogen and oxygen atoms in total. The third-order valence-electron chi connectivity index (χ3n) is 4.48. The Morgan fingerprint density at radius 3 is 2.74 bits per heavy atom. The van der Waals surface area contributed by atoms with Crippen LogP contribution in [0.5, 0.6) is 0 Å². The van der Waals surface area contributed by atoms with Gasteiger partial charge in [-0.3, -0.25) is 0 Å². The maximum atomic E-state index is 4.80. The van der Waals surface area contributed by atoms with E-state index < -0.39 is 0 Å². The lowest BCUT2D eigenvalue weighted by Gasteiger charge is -2.13. The van der Waals surface area contributed by atoms with Gasteiger partial charge in [-0.2, -0.15) is 0 Å². The zero-order valence-corrected chi connectivity index (χ0v) is 14.2. The molecule has 2 aromatic heterocycles. The molecule has 4 heteroatoms. The molecule has 1 aliphatic carbocycles. The lowest BCUT2D eigenvalue weighted by Crippen LogP contribution is -2.06. The van der Waals surface area contributed by atoms with E-state index in [1.165, 1.54) is 51.9 Å². The highest BCUT2D eigenvalue weighted by Crippen LogP contribution is 2.38. The normalized spacial score (nSPS) is 14.0. The molecule has 0 bridgehead atoms. The van der Waals surface area contributed by atoms with E-state index in [1.807, 2.05) is 11.3 Å². The number of fused-ring (bicyclic) bond motifs is 3. The van der Waals surface area contributed by atoms with E-state index >= 15 is 0 Å². The fourth-order valence-electron chi connectivity index (χ4n) is 3.27. The minimum absolute atomic E-state index is 0.806. The number of nitrogens with one attached hydrogen (secondary N) is 1. The average molecular weight is 323 g/mol. The third kappa shape index (κ3) is 2.83. The minimum atomic E-state index is 0.806. The van der Waals surface area contributed by atoms with Crippen LogP contribution in [0.3, 0.4) is 0 Å². The SMILES string of the molecule is CCc1nc(NCc2ccccc2)c2c3c(sc2n1)CCCC3. The second-order valence-electron chi connectivity index (χ2n) is 6.07. The number of thiophene rings is 1. The van der Waals surface area contributed by atoms with Gasteiger partial charge in [0.2, 0.25) is 0 Å². The summed E-state index contributed by atoms with van der Waals surface area (Å²) < 4.78 is 0. The third-order valence-corrected chi connectivity index (χ3v) is 5.67. The van der Waals surface area contributed by atoms with E-state index in [0.29, 0.717) is 0 Å². The van der Waals surface area contributed by atoms with Crippen molar-refractivity contribution in [3.63, 3.8) is 0 Å². The molecule has 1 N–H and O–H groups in total. The van der Waals surface area contributed by atoms with Crippen molar-refractivity contribution in [1.82, 2.24) is 9.97 Å². The van der Waals surface area contributed by atoms with Crippen molar-refractivity contribution in [1.29, 1.82) is 0 Å². The van der Waals surface area contributed by atoms with E-state index in [2.05, 4.69) is 42.6 Å². The van der Waals surface area contributed by atoms with E-state index in [9.17, 15) is 0 Å². The first kappa shape index (κ1) is 14.6. The number of hydrogen-bond donors (Lipinski definition) is 1. The molecule has 0 aliphatic heterocycles. The number of aromatic nitrogens is 2. The second kappa shape index (κ2) is 6.28. The summed E-state index contributed by atoms with van der Waals surface area (Å²) >= 11 is 1.87. The molecule has 0 spiro atoms. The van der Waals surface area contributed by atoms with Crippen molar-refractivity contribution >= 4 is 27.4 Å². The summed E-state index contributed by atoms with van der Waals surface area (Å²) in [5.74, 6) is 1.96. The van der Waals surface area contributed by atoms with Crippen LogP contribution in [0, 0.1) is 0 Å². The molecule has 0 unspecified atom stereocenters. The molecular weight excluding hydrogens is 302 g/mol. The van der Waals surface area contributed by atoms with Gasteiger partial charge in [0.25, 0.3) is 0 Å². The van der Waals surface area contributed by atoms with Gasteiger partial charge in [0.1, 0.15) is 16.5 Å². The van der Waals surface area contributed by atoms with Crippen molar-refractivity contribution < 1.29 is 0 Å². The van der Waals surface area contributed by atoms with Crippen LogP contribution in [0.2, 0.25) is 0 Å². The molecule has 118 valence electrons. The molecule has 0 fully saturated rings. The Labute approximate surface area is 140 Å². The van der Waals surface area contributed by atoms with Crippen molar-refractivity contribution in [2.75, 3.05) is 5.32 Å². The molecule has 23 heavy (non-hydrogen) atoms. The summed E-state index contributed by atoms with van der Waals surface area (Å²) in [4.78, 5) is 12.3. The molecule has 0 saturated carbocycles. The number of aryl methyl sites for hydroxylation is 3. The second-order valence-corrected chi connectivity index (χ2v) is 7.16. The van der Waals surface area contributed by atoms with Crippen LogP contribution in [-0.2, 0) is 25.8 Å². The van der Waals surface area contributed by atoms with Crippen molar-refractivity contribution in [3.8, 4) is 0 Å². The summed E-state index contributed by atoms with van der Waals surface area (Å²) in [6.07, 6.45) is 5.84. The molecule has 1 aliphatic rings. The van der Waals surface area contributed by atoms with Gasteiger partial charge < -0.3 is 5.32 Å². The summed E-state index contributed by atoms with van der Waals surface area (Å²) in [5, 5.41) is 4.85. The van der Waals surface area contributed by atoms with Gasteiger partial charge >= 0.3 is 0 Å². The highest BCUT2D eigenvalue weighted by molar-refractivity contribution is 7.19. The molecule has 0 radical (unpaired) electrons. The zero-order chi connectivity index (χ0) is 15.6. The van der Waals surface area contributed by atoms with Gasteiger partial charge in [-0.15, -0.1) is 11.3 Å². The van der Waals surface area contributed by atoms with Crippen LogP contribution < -0.4 is 5.32 Å². The van der Waals surface area contributed by atoms with E-state index in [4.69, 9.17) is 9.97 Å². The van der Waals surface area contributed by atoms with Gasteiger partial charge in [0.15, 0.2) is 0 Å². The van der Waals surface area contributed by atoms with Gasteiger partial charge in [0.05, 0.1) is 5.39 Å². The molecule has 0 amide bonds. The Hall–Kier alpha value is -1.94. The quantitative estimate of drug-likeness (QED) is 0.753. The van der Waals surface area contributed by atoms with Crippen LogP contribution in [0.25, 0.3) is 10.2 Å². The van der Waals surface area contributed by atoms with E-state index in [0.717, 1.165) is 24.6 Å². The van der Waals surface area contributed by atoms with Crippen LogP contribution in [-0.4, -0.2) is 9.97 Å². The summed E-state index contributed by atoms with van der Waals surface area (Å²) in [5.41, 5.74) is 2.77. The fraction of sp³-hybridized carbons (Fsp3) is 0.368. The number of nitrogens with zero attached hydrogens (tertiary/aromatic N) is 2. The molecule has 0 atom stereocenters. The maximum Gasteiger partial charge on any atom is 0.139 e. The first-order chi connectivity index (χ1) is 11.3. The summed E-state index contributed by atoms with van der Waals surface area (Å²) in [6.45, 7) is 2.93. The standard InChI is InChI=1S/C19H21N3S/c1-2-16-21-18(20-12-13-8-4-3-5-9-13)17-14-10-6-7-11-15(14)23-19(17)22-16/h3-5,8-9H,2,6-7,10-12H2,1H3,(H,20,21,22). The fourth-order valence-corrected chi connectivity index (χ4v) is 4.55. The minimum Gasteiger partial charge on any atom is -0.365 e. The van der Waals surface area contributed by atoms with E-state index in [1.54, 1.807) is 0 Å². The summed E-state index contributed by atoms with van der Waals surface area (Å²) in [7, 11) is 0. The Bertz CT molecular complexity index is 823. The number of anilines is 1. The molecule has 0 saturated heterocycles. The van der Waals surface area contributed by atoms with Crippen molar-refractivity contribution in [3.05, 3.63) is 52.2 Å². The Morgan fingerprint density at radius 2 is 1.91 bits per heavy atom. The van der Waals surface area contributed by atoms with Crippen LogP contribution in [0.15, 0.2) is 30.3 Å². The molecule has 1 aromatic carbocycles. The van der Waals surface area contributed by atoms with Gasteiger partial charge in [-0.1, -0.05) is 37.3 Å². The first-order valence-corrected chi connectivity index (χ1v) is 9.25. The van der Waals surface area contributed by atoms with Crippen molar-refractivity contribution in [2.45, 2.75) is 45.6 Å². The lowest BCUT2D eigenvalue weighted by molar-refractivity contribution is 0.700. The van der Waals surface area contributed by atoms with Crippen LogP contribution in [0.1, 0.15) is 41.6 Å². The first-order valence-electron chi connectivity index (χ1n) is 8.44. The monoisotopic (exact) mass is 323 g/mol. The van der Waals surface area contributed by atoms with E-state index in [-0.39, 0.29) is 0 Å². The molecule has 3 aromatic rings. The van der Waals surface area contributed by atoms with Crippen LogP contribution in [0.4, 0.5) is 5.82 Å². The zero-order valence-electron chi connectivity index (χ0n) is 13.4. The number of benzene rings is 1. The lowest BCUT2D eigenvalue weighted by atomic mass is 9.97. The van der Waals surface area contributed by atoms with Crippen LogP contribution >= 0.6 is 11.3 Å². The van der Waals surface area contributed by atoms with Gasteiger partial charge in [-0.05, 0) is 36.8 Å². The smallest absolute Gasteiger partial charge is 0.139 e.